The molecule has 1 aliphatic carbocycles. The number of carboxylic acids is 1. The molecule has 6 atom stereocenters. The van der Waals surface area contributed by atoms with E-state index in [1.54, 1.807) is 13.0 Å². The third-order valence-corrected chi connectivity index (χ3v) is 6.03. The number of aliphatic hydroxyl groups excluding tert-OH is 2. The number of aliphatic hydroxyl groups is 2. The molecular formula is C24H29NaO5. The van der Waals surface area contributed by atoms with Gasteiger partial charge in [0.25, 0.3) is 0 Å². The van der Waals surface area contributed by atoms with Crippen molar-refractivity contribution >= 4 is 5.97 Å². The molecule has 1 saturated carbocycles. The normalized spacial score (nSPS) is 26.0. The number of benzene rings is 1. The van der Waals surface area contributed by atoms with Crippen molar-refractivity contribution in [2.24, 2.45) is 11.8 Å². The summed E-state index contributed by atoms with van der Waals surface area (Å²) < 4.78 is 6.19. The molecule has 156 valence electrons. The van der Waals surface area contributed by atoms with Crippen molar-refractivity contribution in [1.82, 2.24) is 0 Å². The summed E-state index contributed by atoms with van der Waals surface area (Å²) in [5.41, 5.74) is 2.06. The average Bonchev–Trinajstić information content (AvgIpc) is 3.19. The molecule has 3 rings (SSSR count). The summed E-state index contributed by atoms with van der Waals surface area (Å²) in [6, 6.07) is 5.96. The van der Waals surface area contributed by atoms with Crippen molar-refractivity contribution in [3.8, 4) is 17.6 Å². The van der Waals surface area contributed by atoms with Crippen LogP contribution in [0.4, 0.5) is 0 Å². The number of hydrogen-bond acceptors (Lipinski definition) is 5. The molecular weight excluding hydrogens is 391 g/mol. The molecule has 1 fully saturated rings. The van der Waals surface area contributed by atoms with Gasteiger partial charge >= 0.3 is 29.6 Å². The first-order chi connectivity index (χ1) is 13.9. The SMILES string of the molecule is CC#CC[C@H](C)[C@@H](O)/C=C/[C@H]1[C@@H]2c3cccc(CCCC(=O)[O-])c3O[C@@H]2C[C@@H]1O.[Na+]. The minimum Gasteiger partial charge on any atom is -0.550 e. The number of fused-ring (bicyclic) bond motifs is 3. The van der Waals surface area contributed by atoms with Crippen LogP contribution in [0.2, 0.25) is 0 Å². The van der Waals surface area contributed by atoms with Gasteiger partial charge in [-0.3, -0.25) is 0 Å². The van der Waals surface area contributed by atoms with Gasteiger partial charge in [-0.25, -0.2) is 0 Å². The van der Waals surface area contributed by atoms with Crippen LogP contribution in [0.1, 0.15) is 56.6 Å². The second-order valence-electron chi connectivity index (χ2n) is 8.11. The van der Waals surface area contributed by atoms with Crippen molar-refractivity contribution in [2.45, 2.75) is 70.2 Å². The van der Waals surface area contributed by atoms with Crippen molar-refractivity contribution in [1.29, 1.82) is 0 Å². The quantitative estimate of drug-likeness (QED) is 0.319. The number of carbonyl (C=O) groups is 1. The van der Waals surface area contributed by atoms with E-state index in [9.17, 15) is 20.1 Å². The molecule has 2 aliphatic rings. The van der Waals surface area contributed by atoms with Gasteiger partial charge in [0.15, 0.2) is 0 Å². The Kier molecular flexibility index (Phi) is 9.46. The predicted molar refractivity (Wildman–Crippen MR) is 108 cm³/mol. The van der Waals surface area contributed by atoms with Gasteiger partial charge in [0.2, 0.25) is 0 Å². The number of aryl methyl sites for hydroxylation is 1. The van der Waals surface area contributed by atoms with Crippen LogP contribution in [0.3, 0.4) is 0 Å². The van der Waals surface area contributed by atoms with Crippen LogP contribution in [0.15, 0.2) is 30.4 Å². The third kappa shape index (κ3) is 5.69. The number of carbonyl (C=O) groups excluding carboxylic acids is 1. The van der Waals surface area contributed by atoms with Crippen LogP contribution in [0.5, 0.6) is 5.75 Å². The second kappa shape index (κ2) is 11.4. The van der Waals surface area contributed by atoms with Crippen molar-refractivity contribution in [3.05, 3.63) is 41.5 Å². The number of carboxylic acid groups (broad SMARTS) is 1. The summed E-state index contributed by atoms with van der Waals surface area (Å²) in [5, 5.41) is 31.7. The molecule has 1 heterocycles. The van der Waals surface area contributed by atoms with E-state index in [2.05, 4.69) is 11.8 Å². The fraction of sp³-hybridized carbons (Fsp3) is 0.542. The average molecular weight is 420 g/mol. The van der Waals surface area contributed by atoms with E-state index >= 15 is 0 Å². The van der Waals surface area contributed by atoms with Gasteiger partial charge < -0.3 is 24.9 Å². The minimum atomic E-state index is -1.04. The van der Waals surface area contributed by atoms with Crippen LogP contribution in [0, 0.1) is 23.7 Å². The fourth-order valence-electron chi connectivity index (χ4n) is 4.40. The van der Waals surface area contributed by atoms with E-state index in [-0.39, 0.29) is 59.8 Å². The van der Waals surface area contributed by atoms with E-state index in [4.69, 9.17) is 4.74 Å². The molecule has 0 bridgehead atoms. The van der Waals surface area contributed by atoms with Crippen LogP contribution in [-0.4, -0.2) is 34.5 Å². The maximum atomic E-state index is 10.7. The summed E-state index contributed by atoms with van der Waals surface area (Å²) in [7, 11) is 0. The van der Waals surface area contributed by atoms with E-state index < -0.39 is 18.2 Å². The van der Waals surface area contributed by atoms with Crippen molar-refractivity contribution in [3.63, 3.8) is 0 Å². The maximum Gasteiger partial charge on any atom is 1.00 e. The summed E-state index contributed by atoms with van der Waals surface area (Å²) in [6.45, 7) is 3.74. The maximum absolute atomic E-state index is 10.7. The van der Waals surface area contributed by atoms with Gasteiger partial charge in [0, 0.05) is 36.2 Å². The Labute approximate surface area is 200 Å². The predicted octanol–water partition coefficient (Wildman–Crippen LogP) is -1.04. The Morgan fingerprint density at radius 3 is 2.90 bits per heavy atom. The van der Waals surface area contributed by atoms with Gasteiger partial charge in [-0.2, -0.15) is 0 Å². The molecule has 0 spiro atoms. The molecule has 6 heteroatoms. The first-order valence-corrected chi connectivity index (χ1v) is 10.3. The first kappa shape index (κ1) is 25.0. The van der Waals surface area contributed by atoms with Gasteiger partial charge in [-0.15, -0.1) is 11.8 Å². The largest absolute Gasteiger partial charge is 1.00 e. The Hall–Kier alpha value is -1.29. The molecule has 5 nitrogen and oxygen atoms in total. The standard InChI is InChI=1S/C24H30O5.Na/c1-3-4-7-15(2)19(25)13-12-17-20(26)14-21-23(17)18-10-5-8-16(24(18)29-21)9-6-11-22(27)28;/h5,8,10,12-13,15,17,19-21,23,25-26H,6-7,9,11,14H2,1-2H3,(H,27,28);/q;+1/p-1/b13-12+;/t15-,17+,19-,20-,21+,23+;/m0./s1. The Morgan fingerprint density at radius 1 is 1.43 bits per heavy atom. The van der Waals surface area contributed by atoms with Gasteiger partial charge in [0.1, 0.15) is 11.9 Å². The second-order valence-corrected chi connectivity index (χ2v) is 8.11. The molecule has 1 aliphatic heterocycles. The van der Waals surface area contributed by atoms with E-state index in [1.807, 2.05) is 31.2 Å². The van der Waals surface area contributed by atoms with Gasteiger partial charge in [-0.05, 0) is 37.7 Å². The molecule has 0 amide bonds. The number of para-hydroxylation sites is 1. The Balaban J connectivity index is 0.00000320. The summed E-state index contributed by atoms with van der Waals surface area (Å²) in [4.78, 5) is 10.7. The molecule has 30 heavy (non-hydrogen) atoms. The summed E-state index contributed by atoms with van der Waals surface area (Å²) in [6.07, 6.45) is 4.80. The number of ether oxygens (including phenoxy) is 1. The van der Waals surface area contributed by atoms with E-state index in [0.717, 1.165) is 16.9 Å². The van der Waals surface area contributed by atoms with E-state index in [0.29, 0.717) is 25.7 Å². The van der Waals surface area contributed by atoms with Crippen LogP contribution < -0.4 is 39.4 Å². The molecule has 0 aromatic heterocycles. The molecule has 0 unspecified atom stereocenters. The zero-order chi connectivity index (χ0) is 21.0. The molecule has 0 radical (unpaired) electrons. The monoisotopic (exact) mass is 420 g/mol. The topological polar surface area (TPSA) is 89.8 Å². The first-order valence-electron chi connectivity index (χ1n) is 10.3. The van der Waals surface area contributed by atoms with Gasteiger partial charge in [-0.1, -0.05) is 37.3 Å². The zero-order valence-corrected chi connectivity index (χ0v) is 20.0. The van der Waals surface area contributed by atoms with Crippen molar-refractivity contribution < 1.29 is 54.4 Å². The van der Waals surface area contributed by atoms with Gasteiger partial charge in [0.05, 0.1) is 12.2 Å². The molecule has 1 aromatic rings. The number of rotatable bonds is 8. The number of aliphatic carboxylic acids is 1. The molecule has 1 aromatic carbocycles. The van der Waals surface area contributed by atoms with Crippen LogP contribution in [-0.2, 0) is 11.2 Å². The van der Waals surface area contributed by atoms with Crippen LogP contribution >= 0.6 is 0 Å². The summed E-state index contributed by atoms with van der Waals surface area (Å²) in [5.74, 6) is 5.56. The smallest absolute Gasteiger partial charge is 0.550 e. The number of hydrogen-bond donors (Lipinski definition) is 2. The van der Waals surface area contributed by atoms with Crippen molar-refractivity contribution in [2.75, 3.05) is 0 Å². The Morgan fingerprint density at radius 2 is 2.20 bits per heavy atom. The third-order valence-electron chi connectivity index (χ3n) is 6.03. The molecule has 2 N–H and O–H groups in total. The Bertz CT molecular complexity index is 825. The zero-order valence-electron chi connectivity index (χ0n) is 18.0. The van der Waals surface area contributed by atoms with E-state index in [1.165, 1.54) is 0 Å². The summed E-state index contributed by atoms with van der Waals surface area (Å²) >= 11 is 0. The van der Waals surface area contributed by atoms with Crippen LogP contribution in [0.25, 0.3) is 0 Å². The molecule has 0 saturated heterocycles. The minimum absolute atomic E-state index is 0. The fourth-order valence-corrected chi connectivity index (χ4v) is 4.40.